The van der Waals surface area contributed by atoms with E-state index in [9.17, 15) is 18.0 Å². The van der Waals surface area contributed by atoms with Crippen LogP contribution < -0.4 is 9.62 Å². The molecule has 0 bridgehead atoms. The van der Waals surface area contributed by atoms with Gasteiger partial charge in [0, 0.05) is 25.6 Å². The summed E-state index contributed by atoms with van der Waals surface area (Å²) in [6.45, 7) is 10.1. The first-order chi connectivity index (χ1) is 16.9. The third-order valence-electron chi connectivity index (χ3n) is 6.09. The lowest BCUT2D eigenvalue weighted by molar-refractivity contribution is -0.141. The van der Waals surface area contributed by atoms with E-state index in [0.717, 1.165) is 16.7 Å². The van der Waals surface area contributed by atoms with Crippen LogP contribution in [0.5, 0.6) is 0 Å². The minimum Gasteiger partial charge on any atom is -0.352 e. The van der Waals surface area contributed by atoms with Gasteiger partial charge in [-0.2, -0.15) is 0 Å². The van der Waals surface area contributed by atoms with Gasteiger partial charge < -0.3 is 10.2 Å². The van der Waals surface area contributed by atoms with Crippen molar-refractivity contribution in [2.45, 2.75) is 72.4 Å². The highest BCUT2D eigenvalue weighted by Gasteiger charge is 2.29. The minimum atomic E-state index is -3.53. The first-order valence-electron chi connectivity index (χ1n) is 12.6. The molecule has 2 aromatic carbocycles. The molecule has 2 aromatic rings. The molecule has 0 saturated carbocycles. The van der Waals surface area contributed by atoms with Crippen molar-refractivity contribution in [1.82, 2.24) is 10.2 Å². The first kappa shape index (κ1) is 29.4. The molecule has 0 radical (unpaired) electrons. The average Bonchev–Trinajstić information content (AvgIpc) is 2.80. The maximum absolute atomic E-state index is 13.4. The predicted octanol–water partition coefficient (Wildman–Crippen LogP) is 4.22. The number of rotatable bonds is 13. The van der Waals surface area contributed by atoms with Crippen molar-refractivity contribution >= 4 is 27.5 Å². The smallest absolute Gasteiger partial charge is 0.242 e. The van der Waals surface area contributed by atoms with Crippen molar-refractivity contribution in [2.24, 2.45) is 0 Å². The number of nitrogens with zero attached hydrogens (tertiary/aromatic N) is 2. The summed E-state index contributed by atoms with van der Waals surface area (Å²) in [4.78, 5) is 28.0. The SMILES string of the molecule is CC[C@@H](C(=O)NC(C)C)N(CCc1ccccc1)C(=O)CCCN(c1cc(C)ccc1C)S(C)(=O)=O. The molecule has 0 aromatic heterocycles. The average molecular weight is 516 g/mol. The van der Waals surface area contributed by atoms with E-state index in [1.165, 1.54) is 10.6 Å². The number of anilines is 1. The van der Waals surface area contributed by atoms with Gasteiger partial charge in [0.1, 0.15) is 6.04 Å². The number of benzene rings is 2. The van der Waals surface area contributed by atoms with Gasteiger partial charge in [-0.3, -0.25) is 13.9 Å². The van der Waals surface area contributed by atoms with Gasteiger partial charge in [0.15, 0.2) is 0 Å². The molecule has 8 heteroatoms. The molecule has 198 valence electrons. The molecule has 0 heterocycles. The van der Waals surface area contributed by atoms with Gasteiger partial charge in [0.25, 0.3) is 0 Å². The summed E-state index contributed by atoms with van der Waals surface area (Å²) in [6.07, 6.45) is 2.82. The summed E-state index contributed by atoms with van der Waals surface area (Å²) >= 11 is 0. The molecule has 0 aliphatic carbocycles. The Bertz CT molecular complexity index is 1120. The fourth-order valence-corrected chi connectivity index (χ4v) is 5.26. The van der Waals surface area contributed by atoms with E-state index in [1.807, 2.05) is 83.1 Å². The lowest BCUT2D eigenvalue weighted by Gasteiger charge is -2.31. The van der Waals surface area contributed by atoms with E-state index in [4.69, 9.17) is 0 Å². The van der Waals surface area contributed by atoms with Crippen molar-refractivity contribution in [3.63, 3.8) is 0 Å². The predicted molar refractivity (Wildman–Crippen MR) is 147 cm³/mol. The Morgan fingerprint density at radius 3 is 2.25 bits per heavy atom. The zero-order chi connectivity index (χ0) is 26.9. The maximum Gasteiger partial charge on any atom is 0.242 e. The van der Waals surface area contributed by atoms with Crippen molar-refractivity contribution < 1.29 is 18.0 Å². The maximum atomic E-state index is 13.4. The Morgan fingerprint density at radius 2 is 1.67 bits per heavy atom. The summed E-state index contributed by atoms with van der Waals surface area (Å²) in [7, 11) is -3.53. The third-order valence-corrected chi connectivity index (χ3v) is 7.27. The Hall–Kier alpha value is -2.87. The summed E-state index contributed by atoms with van der Waals surface area (Å²) in [6, 6.07) is 15.0. The first-order valence-corrected chi connectivity index (χ1v) is 14.5. The standard InChI is InChI=1S/C28H41N3O4S/c1-7-25(28(33)29-21(2)3)30(19-17-24-12-9-8-10-13-24)27(32)14-11-18-31(36(6,34)35)26-20-22(4)15-16-23(26)5/h8-10,12-13,15-16,20-21,25H,7,11,14,17-19H2,1-6H3,(H,29,33)/t25-/m0/s1. The molecule has 0 unspecified atom stereocenters. The second-order valence-electron chi connectivity index (χ2n) is 9.64. The number of hydrogen-bond donors (Lipinski definition) is 1. The van der Waals surface area contributed by atoms with Crippen LogP contribution in [0.1, 0.15) is 56.7 Å². The van der Waals surface area contributed by atoms with Crippen molar-refractivity contribution in [1.29, 1.82) is 0 Å². The Balaban J connectivity index is 2.19. The number of sulfonamides is 1. The molecule has 0 saturated heterocycles. The number of aryl methyl sites for hydroxylation is 2. The molecule has 1 N–H and O–H groups in total. The van der Waals surface area contributed by atoms with Crippen LogP contribution in [-0.4, -0.2) is 56.6 Å². The van der Waals surface area contributed by atoms with E-state index < -0.39 is 16.1 Å². The molecule has 1 atom stereocenters. The number of hydrogen-bond acceptors (Lipinski definition) is 4. The van der Waals surface area contributed by atoms with Gasteiger partial charge in [-0.05, 0) is 69.7 Å². The topological polar surface area (TPSA) is 86.8 Å². The quantitative estimate of drug-likeness (QED) is 0.433. The van der Waals surface area contributed by atoms with E-state index >= 15 is 0 Å². The van der Waals surface area contributed by atoms with Crippen LogP contribution >= 0.6 is 0 Å². The normalized spacial score (nSPS) is 12.3. The molecule has 2 amide bonds. The Labute approximate surface area is 216 Å². The van der Waals surface area contributed by atoms with Gasteiger partial charge in [-0.15, -0.1) is 0 Å². The molecule has 36 heavy (non-hydrogen) atoms. The molecule has 0 aliphatic heterocycles. The van der Waals surface area contributed by atoms with Crippen LogP contribution in [0.3, 0.4) is 0 Å². The summed E-state index contributed by atoms with van der Waals surface area (Å²) in [5.41, 5.74) is 3.55. The minimum absolute atomic E-state index is 0.0292. The lowest BCUT2D eigenvalue weighted by Crippen LogP contribution is -2.51. The third kappa shape index (κ3) is 8.66. The summed E-state index contributed by atoms with van der Waals surface area (Å²) < 4.78 is 26.6. The molecule has 0 spiro atoms. The zero-order valence-electron chi connectivity index (χ0n) is 22.5. The molecule has 7 nitrogen and oxygen atoms in total. The van der Waals surface area contributed by atoms with Crippen molar-refractivity contribution in [3.8, 4) is 0 Å². The van der Waals surface area contributed by atoms with Gasteiger partial charge in [0.2, 0.25) is 21.8 Å². The highest BCUT2D eigenvalue weighted by atomic mass is 32.2. The van der Waals surface area contributed by atoms with E-state index in [1.54, 1.807) is 4.90 Å². The number of amides is 2. The largest absolute Gasteiger partial charge is 0.352 e. The van der Waals surface area contributed by atoms with Gasteiger partial charge in [-0.1, -0.05) is 49.4 Å². The van der Waals surface area contributed by atoms with E-state index in [0.29, 0.717) is 31.5 Å². The fraction of sp³-hybridized carbons (Fsp3) is 0.500. The highest BCUT2D eigenvalue weighted by molar-refractivity contribution is 7.92. The molecule has 0 fully saturated rings. The summed E-state index contributed by atoms with van der Waals surface area (Å²) in [5.74, 6) is -0.312. The van der Waals surface area contributed by atoms with E-state index in [2.05, 4.69) is 5.32 Å². The van der Waals surface area contributed by atoms with Gasteiger partial charge in [-0.25, -0.2) is 8.42 Å². The van der Waals surface area contributed by atoms with E-state index in [-0.39, 0.29) is 30.8 Å². The second-order valence-corrected chi connectivity index (χ2v) is 11.5. The van der Waals surface area contributed by atoms with Crippen molar-refractivity contribution in [3.05, 3.63) is 65.2 Å². The Kier molecular flexibility index (Phi) is 11.0. The second kappa shape index (κ2) is 13.4. The number of carbonyl (C=O) groups excluding carboxylic acids is 2. The molecule has 0 aliphatic rings. The van der Waals surface area contributed by atoms with Crippen molar-refractivity contribution in [2.75, 3.05) is 23.7 Å². The van der Waals surface area contributed by atoms with Crippen LogP contribution in [0.25, 0.3) is 0 Å². The number of carbonyl (C=O) groups is 2. The van der Waals surface area contributed by atoms with Crippen LogP contribution in [-0.2, 0) is 26.0 Å². The van der Waals surface area contributed by atoms with Gasteiger partial charge >= 0.3 is 0 Å². The van der Waals surface area contributed by atoms with Crippen LogP contribution in [0.4, 0.5) is 5.69 Å². The van der Waals surface area contributed by atoms with Gasteiger partial charge in [0.05, 0.1) is 11.9 Å². The zero-order valence-corrected chi connectivity index (χ0v) is 23.3. The Morgan fingerprint density at radius 1 is 1.00 bits per heavy atom. The van der Waals surface area contributed by atoms with Crippen LogP contribution in [0.2, 0.25) is 0 Å². The van der Waals surface area contributed by atoms with Crippen LogP contribution in [0, 0.1) is 13.8 Å². The fourth-order valence-electron chi connectivity index (χ4n) is 4.25. The molecule has 2 rings (SSSR count). The monoisotopic (exact) mass is 515 g/mol. The molecular weight excluding hydrogens is 474 g/mol. The summed E-state index contributed by atoms with van der Waals surface area (Å²) in [5, 5.41) is 2.93. The molecular formula is C28H41N3O4S. The highest BCUT2D eigenvalue weighted by Crippen LogP contribution is 2.24. The number of nitrogens with one attached hydrogen (secondary N) is 1. The van der Waals surface area contributed by atoms with Crippen LogP contribution in [0.15, 0.2) is 48.5 Å². The lowest BCUT2D eigenvalue weighted by atomic mass is 10.1.